The molecule has 18 heavy (non-hydrogen) atoms. The van der Waals surface area contributed by atoms with E-state index in [4.69, 9.17) is 9.47 Å². The number of ether oxygens (including phenoxy) is 2. The van der Waals surface area contributed by atoms with Crippen LogP contribution in [0.15, 0.2) is 36.4 Å². The Kier molecular flexibility index (Phi) is 4.18. The largest absolute Gasteiger partial charge is 0.467 e. The van der Waals surface area contributed by atoms with Crippen molar-refractivity contribution in [2.24, 2.45) is 0 Å². The fourth-order valence-electron chi connectivity index (χ4n) is 1.93. The number of rotatable bonds is 5. The van der Waals surface area contributed by atoms with Crippen LogP contribution in [0.25, 0.3) is 10.8 Å². The molecule has 2 aromatic carbocycles. The van der Waals surface area contributed by atoms with Gasteiger partial charge in [0.2, 0.25) is 0 Å². The number of aliphatic hydroxyl groups excluding tert-OH is 1. The van der Waals surface area contributed by atoms with E-state index in [1.54, 1.807) is 6.92 Å². The number of hydrogen-bond acceptors (Lipinski definition) is 3. The van der Waals surface area contributed by atoms with Gasteiger partial charge in [-0.25, -0.2) is 0 Å². The van der Waals surface area contributed by atoms with Gasteiger partial charge < -0.3 is 14.6 Å². The lowest BCUT2D eigenvalue weighted by atomic mass is 10.0. The fourth-order valence-corrected chi connectivity index (χ4v) is 1.93. The molecule has 0 aliphatic carbocycles. The van der Waals surface area contributed by atoms with Gasteiger partial charge in [-0.15, -0.1) is 0 Å². The molecule has 0 aromatic heterocycles. The summed E-state index contributed by atoms with van der Waals surface area (Å²) in [6.07, 6.45) is -0.564. The van der Waals surface area contributed by atoms with E-state index in [-0.39, 0.29) is 6.79 Å². The molecule has 0 saturated carbocycles. The number of fused-ring (bicyclic) bond motifs is 1. The smallest absolute Gasteiger partial charge is 0.189 e. The molecule has 0 bridgehead atoms. The lowest BCUT2D eigenvalue weighted by Crippen LogP contribution is -2.06. The Morgan fingerprint density at radius 2 is 1.94 bits per heavy atom. The molecule has 2 rings (SSSR count). The Morgan fingerprint density at radius 3 is 2.67 bits per heavy atom. The Morgan fingerprint density at radius 1 is 1.17 bits per heavy atom. The van der Waals surface area contributed by atoms with E-state index in [9.17, 15) is 5.11 Å². The van der Waals surface area contributed by atoms with E-state index in [1.165, 1.54) is 0 Å². The highest BCUT2D eigenvalue weighted by Gasteiger charge is 2.12. The molecule has 0 saturated heterocycles. The second kappa shape index (κ2) is 5.85. The molecule has 0 amide bonds. The van der Waals surface area contributed by atoms with E-state index >= 15 is 0 Å². The Bertz CT molecular complexity index is 520. The fraction of sp³-hybridized carbons (Fsp3) is 0.333. The highest BCUT2D eigenvalue weighted by atomic mass is 16.7. The summed E-state index contributed by atoms with van der Waals surface area (Å²) < 4.78 is 10.9. The topological polar surface area (TPSA) is 38.7 Å². The molecule has 0 heterocycles. The van der Waals surface area contributed by atoms with Crippen molar-refractivity contribution in [1.82, 2.24) is 0 Å². The first-order chi connectivity index (χ1) is 8.74. The highest BCUT2D eigenvalue weighted by molar-refractivity contribution is 5.89. The van der Waals surface area contributed by atoms with Crippen molar-refractivity contribution in [3.8, 4) is 5.75 Å². The Labute approximate surface area is 107 Å². The molecule has 2 aromatic rings. The predicted molar refractivity (Wildman–Crippen MR) is 71.7 cm³/mol. The van der Waals surface area contributed by atoms with Crippen LogP contribution < -0.4 is 4.74 Å². The molecule has 96 valence electrons. The molecule has 0 aliphatic heterocycles. The summed E-state index contributed by atoms with van der Waals surface area (Å²) in [7, 11) is 0. The standard InChI is InChI=1S/C15H18O3/c1-3-17-10-18-15-13(11(2)16)9-8-12-6-4-5-7-14(12)15/h4-9,11,16H,3,10H2,1-2H3/t11-/m1/s1. The van der Waals surface area contributed by atoms with Crippen LogP contribution >= 0.6 is 0 Å². The molecule has 0 radical (unpaired) electrons. The molecule has 3 nitrogen and oxygen atoms in total. The van der Waals surface area contributed by atoms with Crippen LogP contribution in [-0.2, 0) is 4.74 Å². The molecule has 1 N–H and O–H groups in total. The summed E-state index contributed by atoms with van der Waals surface area (Å²) in [6.45, 7) is 4.46. The zero-order valence-electron chi connectivity index (χ0n) is 10.7. The van der Waals surface area contributed by atoms with Gasteiger partial charge in [0.1, 0.15) is 5.75 Å². The lowest BCUT2D eigenvalue weighted by Gasteiger charge is -2.15. The van der Waals surface area contributed by atoms with Crippen molar-refractivity contribution < 1.29 is 14.6 Å². The van der Waals surface area contributed by atoms with Crippen molar-refractivity contribution in [3.63, 3.8) is 0 Å². The SMILES string of the molecule is CCOCOc1c([C@@H](C)O)ccc2ccccc12. The molecule has 0 unspecified atom stereocenters. The first-order valence-electron chi connectivity index (χ1n) is 6.14. The Hall–Kier alpha value is -1.58. The third-order valence-electron chi connectivity index (χ3n) is 2.85. The minimum absolute atomic E-state index is 0.199. The van der Waals surface area contributed by atoms with E-state index in [2.05, 4.69) is 0 Å². The van der Waals surface area contributed by atoms with Gasteiger partial charge in [-0.3, -0.25) is 0 Å². The maximum Gasteiger partial charge on any atom is 0.189 e. The minimum atomic E-state index is -0.564. The lowest BCUT2D eigenvalue weighted by molar-refractivity contribution is 0.0214. The molecular weight excluding hydrogens is 228 g/mol. The first-order valence-corrected chi connectivity index (χ1v) is 6.14. The van der Waals surface area contributed by atoms with Crippen molar-refractivity contribution in [1.29, 1.82) is 0 Å². The molecule has 0 aliphatic rings. The second-order valence-corrected chi connectivity index (χ2v) is 4.14. The zero-order valence-corrected chi connectivity index (χ0v) is 10.7. The van der Waals surface area contributed by atoms with Crippen molar-refractivity contribution in [2.75, 3.05) is 13.4 Å². The molecule has 0 fully saturated rings. The normalized spacial score (nSPS) is 12.6. The second-order valence-electron chi connectivity index (χ2n) is 4.14. The Balaban J connectivity index is 2.45. The minimum Gasteiger partial charge on any atom is -0.467 e. The number of aliphatic hydroxyl groups is 1. The molecule has 3 heteroatoms. The average molecular weight is 246 g/mol. The van der Waals surface area contributed by atoms with Gasteiger partial charge in [-0.05, 0) is 19.2 Å². The zero-order chi connectivity index (χ0) is 13.0. The van der Waals surface area contributed by atoms with Crippen molar-refractivity contribution >= 4 is 10.8 Å². The molecule has 0 spiro atoms. The van der Waals surface area contributed by atoms with Gasteiger partial charge in [-0.2, -0.15) is 0 Å². The van der Waals surface area contributed by atoms with Gasteiger partial charge in [0.15, 0.2) is 6.79 Å². The highest BCUT2D eigenvalue weighted by Crippen LogP contribution is 2.33. The maximum atomic E-state index is 9.80. The summed E-state index contributed by atoms with van der Waals surface area (Å²) in [4.78, 5) is 0. The van der Waals surface area contributed by atoms with Crippen LogP contribution in [-0.4, -0.2) is 18.5 Å². The average Bonchev–Trinajstić information content (AvgIpc) is 2.38. The van der Waals surface area contributed by atoms with Gasteiger partial charge in [0, 0.05) is 17.6 Å². The summed E-state index contributed by atoms with van der Waals surface area (Å²) >= 11 is 0. The van der Waals surface area contributed by atoms with Gasteiger partial charge in [0.05, 0.1) is 6.10 Å². The van der Waals surface area contributed by atoms with E-state index < -0.39 is 6.10 Å². The van der Waals surface area contributed by atoms with Crippen LogP contribution in [0, 0.1) is 0 Å². The van der Waals surface area contributed by atoms with Crippen LogP contribution in [0.2, 0.25) is 0 Å². The quantitative estimate of drug-likeness (QED) is 0.650. The van der Waals surface area contributed by atoms with Crippen molar-refractivity contribution in [3.05, 3.63) is 42.0 Å². The van der Waals surface area contributed by atoms with Gasteiger partial charge in [0.25, 0.3) is 0 Å². The molecular formula is C15H18O3. The summed E-state index contributed by atoms with van der Waals surface area (Å²) in [5.41, 5.74) is 0.786. The third-order valence-corrected chi connectivity index (χ3v) is 2.85. The van der Waals surface area contributed by atoms with Gasteiger partial charge in [-0.1, -0.05) is 36.4 Å². The van der Waals surface area contributed by atoms with E-state index in [0.717, 1.165) is 16.3 Å². The molecule has 1 atom stereocenters. The van der Waals surface area contributed by atoms with E-state index in [1.807, 2.05) is 43.3 Å². The summed E-state index contributed by atoms with van der Waals surface area (Å²) in [5.74, 6) is 0.705. The van der Waals surface area contributed by atoms with Crippen LogP contribution in [0.1, 0.15) is 25.5 Å². The van der Waals surface area contributed by atoms with E-state index in [0.29, 0.717) is 12.4 Å². The van der Waals surface area contributed by atoms with Crippen LogP contribution in [0.5, 0.6) is 5.75 Å². The van der Waals surface area contributed by atoms with Crippen LogP contribution in [0.4, 0.5) is 0 Å². The first kappa shape index (κ1) is 12.9. The summed E-state index contributed by atoms with van der Waals surface area (Å²) in [6, 6.07) is 11.8. The summed E-state index contributed by atoms with van der Waals surface area (Å²) in [5, 5.41) is 11.9. The van der Waals surface area contributed by atoms with Gasteiger partial charge >= 0.3 is 0 Å². The monoisotopic (exact) mass is 246 g/mol. The third kappa shape index (κ3) is 2.63. The number of benzene rings is 2. The number of hydrogen-bond donors (Lipinski definition) is 1. The maximum absolute atomic E-state index is 9.80. The van der Waals surface area contributed by atoms with Crippen molar-refractivity contribution in [2.45, 2.75) is 20.0 Å². The predicted octanol–water partition coefficient (Wildman–Crippen LogP) is 3.27. The van der Waals surface area contributed by atoms with Crippen LogP contribution in [0.3, 0.4) is 0 Å².